The molecular formula is C23H42FN3O2. The van der Waals surface area contributed by atoms with E-state index in [1.54, 1.807) is 4.90 Å². The number of rotatable bonds is 4. The molecule has 0 bridgehead atoms. The monoisotopic (exact) mass is 411 g/mol. The molecule has 1 saturated carbocycles. The molecular weight excluding hydrogens is 369 g/mol. The van der Waals surface area contributed by atoms with Crippen LogP contribution in [-0.2, 0) is 9.53 Å². The molecule has 5 nitrogen and oxygen atoms in total. The Balaban J connectivity index is 1.79. The molecule has 0 spiro atoms. The van der Waals surface area contributed by atoms with Gasteiger partial charge >= 0.3 is 0 Å². The Labute approximate surface area is 176 Å². The third kappa shape index (κ3) is 5.13. The van der Waals surface area contributed by atoms with E-state index in [1.807, 2.05) is 13.8 Å². The van der Waals surface area contributed by atoms with Crippen LogP contribution in [0.25, 0.3) is 0 Å². The first-order chi connectivity index (χ1) is 13.8. The molecule has 2 N–H and O–H groups in total. The quantitative estimate of drug-likeness (QED) is 0.739. The predicted octanol–water partition coefficient (Wildman–Crippen LogP) is 3.77. The molecule has 3 aliphatic rings. The highest BCUT2D eigenvalue weighted by atomic mass is 19.1. The summed E-state index contributed by atoms with van der Waals surface area (Å²) in [6.45, 7) is 8.81. The Morgan fingerprint density at radius 2 is 1.69 bits per heavy atom. The van der Waals surface area contributed by atoms with Gasteiger partial charge in [0.1, 0.15) is 11.7 Å². The highest BCUT2D eigenvalue weighted by Crippen LogP contribution is 2.38. The summed E-state index contributed by atoms with van der Waals surface area (Å²) in [5, 5.41) is 7.20. The Kier molecular flexibility index (Phi) is 7.96. The van der Waals surface area contributed by atoms with Crippen molar-refractivity contribution in [3.05, 3.63) is 0 Å². The van der Waals surface area contributed by atoms with Crippen LogP contribution in [0, 0.1) is 5.92 Å². The molecule has 0 aromatic carbocycles. The van der Waals surface area contributed by atoms with Gasteiger partial charge in [0, 0.05) is 12.6 Å². The number of nitrogens with zero attached hydrogens (tertiary/aromatic N) is 1. The van der Waals surface area contributed by atoms with Gasteiger partial charge in [-0.1, -0.05) is 38.5 Å². The standard InChI is InChI=1S/C23H42FN3O2/c1-16(2)29-21-13-14-27(15-20(21)24)22(28)23(17(3)25-18(4)26-23)19-11-9-7-5-6-8-10-12-19/h16-21,25-26H,5-15H2,1-4H3/t17?,18?,20-,21+,23?/m1/s1. The van der Waals surface area contributed by atoms with E-state index in [1.165, 1.54) is 38.5 Å². The molecule has 3 unspecified atom stereocenters. The van der Waals surface area contributed by atoms with Gasteiger partial charge in [-0.15, -0.1) is 0 Å². The van der Waals surface area contributed by atoms with Crippen LogP contribution in [0.15, 0.2) is 0 Å². The van der Waals surface area contributed by atoms with Gasteiger partial charge in [0.2, 0.25) is 5.91 Å². The first-order valence-corrected chi connectivity index (χ1v) is 12.0. The lowest BCUT2D eigenvalue weighted by molar-refractivity contribution is -0.148. The van der Waals surface area contributed by atoms with Crippen molar-refractivity contribution in [3.63, 3.8) is 0 Å². The SMILES string of the molecule is CC1NC(C)C(C(=O)N2CC[C@H](OC(C)C)[C@H](F)C2)(C2CCCCCCCC2)N1. The largest absolute Gasteiger partial charge is 0.372 e. The Morgan fingerprint density at radius 3 is 2.21 bits per heavy atom. The zero-order chi connectivity index (χ0) is 21.0. The summed E-state index contributed by atoms with van der Waals surface area (Å²) in [6.07, 6.45) is 8.77. The number of carbonyl (C=O) groups is 1. The fraction of sp³-hybridized carbons (Fsp3) is 0.957. The molecule has 2 heterocycles. The molecule has 2 aliphatic heterocycles. The van der Waals surface area contributed by atoms with Crippen molar-refractivity contribution in [1.29, 1.82) is 0 Å². The third-order valence-corrected chi connectivity index (χ3v) is 7.21. The maximum Gasteiger partial charge on any atom is 0.244 e. The van der Waals surface area contributed by atoms with Crippen LogP contribution in [0.3, 0.4) is 0 Å². The summed E-state index contributed by atoms with van der Waals surface area (Å²) in [5.74, 6) is 0.389. The molecule has 1 amide bonds. The van der Waals surface area contributed by atoms with Gasteiger partial charge in [0.25, 0.3) is 0 Å². The number of nitrogens with one attached hydrogen (secondary N) is 2. The van der Waals surface area contributed by atoms with Crippen molar-refractivity contribution in [1.82, 2.24) is 15.5 Å². The normalized spacial score (nSPS) is 37.9. The molecule has 3 fully saturated rings. The topological polar surface area (TPSA) is 53.6 Å². The van der Waals surface area contributed by atoms with Crippen LogP contribution in [0.1, 0.15) is 85.5 Å². The molecule has 2 saturated heterocycles. The lowest BCUT2D eigenvalue weighted by Crippen LogP contribution is -2.66. The number of ether oxygens (including phenoxy) is 1. The van der Waals surface area contributed by atoms with E-state index >= 15 is 0 Å². The summed E-state index contributed by atoms with van der Waals surface area (Å²) in [6, 6.07) is 0.0402. The predicted molar refractivity (Wildman–Crippen MR) is 114 cm³/mol. The second-order valence-electron chi connectivity index (χ2n) is 9.80. The van der Waals surface area contributed by atoms with Crippen LogP contribution in [0.5, 0.6) is 0 Å². The molecule has 6 heteroatoms. The first-order valence-electron chi connectivity index (χ1n) is 12.0. The number of piperidine rings is 1. The fourth-order valence-corrected chi connectivity index (χ4v) is 5.84. The second kappa shape index (κ2) is 10.1. The van der Waals surface area contributed by atoms with Crippen LogP contribution in [0.2, 0.25) is 0 Å². The van der Waals surface area contributed by atoms with Crippen LogP contribution < -0.4 is 10.6 Å². The smallest absolute Gasteiger partial charge is 0.244 e. The fourth-order valence-electron chi connectivity index (χ4n) is 5.84. The minimum atomic E-state index is -1.12. The number of hydrogen-bond acceptors (Lipinski definition) is 4. The third-order valence-electron chi connectivity index (χ3n) is 7.21. The van der Waals surface area contributed by atoms with Crippen LogP contribution >= 0.6 is 0 Å². The van der Waals surface area contributed by atoms with E-state index in [2.05, 4.69) is 24.5 Å². The van der Waals surface area contributed by atoms with E-state index < -0.39 is 17.8 Å². The zero-order valence-corrected chi connectivity index (χ0v) is 18.9. The molecule has 168 valence electrons. The van der Waals surface area contributed by atoms with Gasteiger partial charge < -0.3 is 9.64 Å². The van der Waals surface area contributed by atoms with E-state index in [9.17, 15) is 9.18 Å². The highest BCUT2D eigenvalue weighted by molar-refractivity contribution is 5.88. The van der Waals surface area contributed by atoms with Crippen molar-refractivity contribution >= 4 is 5.91 Å². The van der Waals surface area contributed by atoms with Crippen molar-refractivity contribution < 1.29 is 13.9 Å². The maximum atomic E-state index is 14.9. The van der Waals surface area contributed by atoms with Crippen molar-refractivity contribution in [2.24, 2.45) is 5.92 Å². The molecule has 0 radical (unpaired) electrons. The van der Waals surface area contributed by atoms with Gasteiger partial charge in [-0.05, 0) is 52.9 Å². The number of alkyl halides is 1. The maximum absolute atomic E-state index is 14.9. The molecule has 5 atom stereocenters. The first kappa shape index (κ1) is 23.0. The number of likely N-dealkylation sites (tertiary alicyclic amines) is 1. The minimum absolute atomic E-state index is 0.00673. The molecule has 1 aliphatic carbocycles. The summed E-state index contributed by atoms with van der Waals surface area (Å²) in [4.78, 5) is 15.7. The van der Waals surface area contributed by atoms with Crippen LogP contribution in [-0.4, -0.2) is 60.0 Å². The number of hydrogen-bond donors (Lipinski definition) is 2. The molecule has 29 heavy (non-hydrogen) atoms. The van der Waals surface area contributed by atoms with Crippen molar-refractivity contribution in [2.75, 3.05) is 13.1 Å². The number of amides is 1. The van der Waals surface area contributed by atoms with Gasteiger partial charge in [0.15, 0.2) is 0 Å². The Morgan fingerprint density at radius 1 is 1.07 bits per heavy atom. The van der Waals surface area contributed by atoms with Crippen molar-refractivity contribution in [2.45, 2.75) is 122 Å². The van der Waals surface area contributed by atoms with Gasteiger partial charge in [-0.3, -0.25) is 15.4 Å². The average molecular weight is 412 g/mol. The van der Waals surface area contributed by atoms with Crippen LogP contribution in [0.4, 0.5) is 4.39 Å². The highest BCUT2D eigenvalue weighted by Gasteiger charge is 2.55. The lowest BCUT2D eigenvalue weighted by Gasteiger charge is -2.45. The van der Waals surface area contributed by atoms with E-state index in [-0.39, 0.29) is 30.8 Å². The van der Waals surface area contributed by atoms with Gasteiger partial charge in [-0.25, -0.2) is 4.39 Å². The minimum Gasteiger partial charge on any atom is -0.372 e. The zero-order valence-electron chi connectivity index (χ0n) is 18.9. The Bertz CT molecular complexity index is 536. The van der Waals surface area contributed by atoms with E-state index in [4.69, 9.17) is 4.74 Å². The molecule has 3 rings (SSSR count). The average Bonchev–Trinajstić information content (AvgIpc) is 3.04. The van der Waals surface area contributed by atoms with Crippen molar-refractivity contribution in [3.8, 4) is 0 Å². The summed E-state index contributed by atoms with van der Waals surface area (Å²) in [5.41, 5.74) is -0.630. The Hall–Kier alpha value is -0.720. The molecule has 0 aromatic rings. The van der Waals surface area contributed by atoms with Gasteiger partial charge in [0.05, 0.1) is 24.9 Å². The molecule has 0 aromatic heterocycles. The number of halogens is 1. The number of carbonyl (C=O) groups excluding carboxylic acids is 1. The van der Waals surface area contributed by atoms with E-state index in [0.29, 0.717) is 18.9 Å². The summed E-state index contributed by atoms with van der Waals surface area (Å²) >= 11 is 0. The summed E-state index contributed by atoms with van der Waals surface area (Å²) in [7, 11) is 0. The lowest BCUT2D eigenvalue weighted by atomic mass is 9.73. The van der Waals surface area contributed by atoms with E-state index in [0.717, 1.165) is 12.8 Å². The second-order valence-corrected chi connectivity index (χ2v) is 9.80. The van der Waals surface area contributed by atoms with Gasteiger partial charge in [-0.2, -0.15) is 0 Å². The summed E-state index contributed by atoms with van der Waals surface area (Å²) < 4.78 is 20.6.